The third-order valence-corrected chi connectivity index (χ3v) is 4.96. The highest BCUT2D eigenvalue weighted by molar-refractivity contribution is 9.10. The average molecular weight is 298 g/mol. The molecule has 92 valence electrons. The Balaban J connectivity index is 1.88. The van der Waals surface area contributed by atoms with Gasteiger partial charge >= 0.3 is 0 Å². The lowest BCUT2D eigenvalue weighted by Crippen LogP contribution is -2.21. The second-order valence-corrected chi connectivity index (χ2v) is 6.18. The van der Waals surface area contributed by atoms with Crippen LogP contribution in [-0.2, 0) is 0 Å². The summed E-state index contributed by atoms with van der Waals surface area (Å²) in [5.74, 6) is 2.24. The van der Waals surface area contributed by atoms with E-state index in [1.165, 1.54) is 19.3 Å². The maximum Gasteiger partial charge on any atom is 0.128 e. The molecule has 3 heteroatoms. The molecule has 0 saturated heterocycles. The molecule has 0 radical (unpaired) electrons. The zero-order valence-corrected chi connectivity index (χ0v) is 11.5. The summed E-state index contributed by atoms with van der Waals surface area (Å²) < 4.78 is 14.9. The van der Waals surface area contributed by atoms with Crippen molar-refractivity contribution < 1.29 is 4.39 Å². The average Bonchev–Trinajstić information content (AvgIpc) is 2.79. The summed E-state index contributed by atoms with van der Waals surface area (Å²) in [6.07, 6.45) is 4.04. The van der Waals surface area contributed by atoms with E-state index in [1.807, 2.05) is 13.1 Å². The van der Waals surface area contributed by atoms with Crippen LogP contribution in [-0.4, -0.2) is 7.05 Å². The molecule has 2 aliphatic rings. The van der Waals surface area contributed by atoms with Gasteiger partial charge in [0, 0.05) is 16.1 Å². The number of hydrogen-bond acceptors (Lipinski definition) is 1. The van der Waals surface area contributed by atoms with Gasteiger partial charge < -0.3 is 5.32 Å². The molecule has 0 heterocycles. The molecule has 2 fully saturated rings. The first-order valence-corrected chi connectivity index (χ1v) is 7.14. The Morgan fingerprint density at radius 2 is 2.06 bits per heavy atom. The Labute approximate surface area is 110 Å². The second kappa shape index (κ2) is 4.36. The van der Waals surface area contributed by atoms with Crippen molar-refractivity contribution in [3.8, 4) is 0 Å². The molecule has 2 saturated carbocycles. The topological polar surface area (TPSA) is 12.0 Å². The quantitative estimate of drug-likeness (QED) is 0.892. The van der Waals surface area contributed by atoms with Crippen molar-refractivity contribution in [1.29, 1.82) is 0 Å². The molecule has 0 amide bonds. The normalized spacial score (nSPS) is 32.3. The largest absolute Gasteiger partial charge is 0.313 e. The van der Waals surface area contributed by atoms with Crippen LogP contribution in [0.25, 0.3) is 0 Å². The maximum absolute atomic E-state index is 13.9. The fraction of sp³-hybridized carbons (Fsp3) is 0.571. The van der Waals surface area contributed by atoms with Gasteiger partial charge in [-0.25, -0.2) is 4.39 Å². The van der Waals surface area contributed by atoms with Gasteiger partial charge in [-0.05, 0) is 55.8 Å². The van der Waals surface area contributed by atoms with Crippen LogP contribution in [0.1, 0.15) is 30.9 Å². The van der Waals surface area contributed by atoms with E-state index in [1.54, 1.807) is 12.1 Å². The summed E-state index contributed by atoms with van der Waals surface area (Å²) in [5.41, 5.74) is 0.821. The van der Waals surface area contributed by atoms with Crippen molar-refractivity contribution in [2.45, 2.75) is 25.3 Å². The van der Waals surface area contributed by atoms with Crippen molar-refractivity contribution >= 4 is 15.9 Å². The van der Waals surface area contributed by atoms with Gasteiger partial charge in [0.15, 0.2) is 0 Å². The number of fused-ring (bicyclic) bond motifs is 1. The van der Waals surface area contributed by atoms with Gasteiger partial charge in [-0.2, -0.15) is 0 Å². The number of halogens is 2. The van der Waals surface area contributed by atoms with Crippen LogP contribution in [0.2, 0.25) is 0 Å². The Morgan fingerprint density at radius 1 is 1.35 bits per heavy atom. The molecule has 0 bridgehead atoms. The summed E-state index contributed by atoms with van der Waals surface area (Å²) in [6.45, 7) is 0. The summed E-state index contributed by atoms with van der Waals surface area (Å²) in [4.78, 5) is 0. The van der Waals surface area contributed by atoms with Crippen LogP contribution in [0.4, 0.5) is 4.39 Å². The van der Waals surface area contributed by atoms with E-state index < -0.39 is 0 Å². The predicted molar refractivity (Wildman–Crippen MR) is 70.2 cm³/mol. The van der Waals surface area contributed by atoms with E-state index in [-0.39, 0.29) is 11.9 Å². The first kappa shape index (κ1) is 11.7. The molecule has 17 heavy (non-hydrogen) atoms. The molecule has 1 N–H and O–H groups in total. The highest BCUT2D eigenvalue weighted by atomic mass is 79.9. The van der Waals surface area contributed by atoms with E-state index in [9.17, 15) is 4.39 Å². The summed E-state index contributed by atoms with van der Waals surface area (Å²) in [5, 5.41) is 3.32. The van der Waals surface area contributed by atoms with E-state index in [0.717, 1.165) is 21.9 Å². The zero-order chi connectivity index (χ0) is 12.0. The standard InChI is InChI=1S/C14H17BrFN/c1-17-14(13-9-3-2-4-10(9)13)11-7-8(15)5-6-12(11)16/h5-7,9-10,13-14,17H,2-4H2,1H3. The first-order valence-electron chi connectivity index (χ1n) is 6.34. The lowest BCUT2D eigenvalue weighted by atomic mass is 9.96. The van der Waals surface area contributed by atoms with E-state index in [4.69, 9.17) is 0 Å². The number of nitrogens with one attached hydrogen (secondary N) is 1. The van der Waals surface area contributed by atoms with Crippen molar-refractivity contribution in [1.82, 2.24) is 5.32 Å². The minimum absolute atomic E-state index is 0.0856. The van der Waals surface area contributed by atoms with Crippen LogP contribution in [0, 0.1) is 23.6 Å². The molecule has 1 nitrogen and oxygen atoms in total. The molecule has 0 aromatic heterocycles. The van der Waals surface area contributed by atoms with Gasteiger partial charge in [0.1, 0.15) is 5.82 Å². The van der Waals surface area contributed by atoms with E-state index in [0.29, 0.717) is 5.92 Å². The minimum Gasteiger partial charge on any atom is -0.313 e. The molecule has 3 unspecified atom stereocenters. The van der Waals surface area contributed by atoms with Crippen LogP contribution in [0.3, 0.4) is 0 Å². The smallest absolute Gasteiger partial charge is 0.128 e. The van der Waals surface area contributed by atoms with Gasteiger partial charge in [0.25, 0.3) is 0 Å². The molecule has 0 spiro atoms. The van der Waals surface area contributed by atoms with Gasteiger partial charge in [0.2, 0.25) is 0 Å². The molecule has 1 aromatic rings. The van der Waals surface area contributed by atoms with Crippen LogP contribution in [0.5, 0.6) is 0 Å². The Bertz CT molecular complexity index is 424. The van der Waals surface area contributed by atoms with Crippen molar-refractivity contribution in [2.24, 2.45) is 17.8 Å². The van der Waals surface area contributed by atoms with Crippen LogP contribution in [0.15, 0.2) is 22.7 Å². The molecule has 3 atom stereocenters. The van der Waals surface area contributed by atoms with E-state index >= 15 is 0 Å². The predicted octanol–water partition coefficient (Wildman–Crippen LogP) is 3.89. The Kier molecular flexibility index (Phi) is 2.99. The number of hydrogen-bond donors (Lipinski definition) is 1. The van der Waals surface area contributed by atoms with Crippen LogP contribution >= 0.6 is 15.9 Å². The van der Waals surface area contributed by atoms with Crippen LogP contribution < -0.4 is 5.32 Å². The van der Waals surface area contributed by atoms with Gasteiger partial charge in [-0.1, -0.05) is 22.4 Å². The third-order valence-electron chi connectivity index (χ3n) is 4.46. The van der Waals surface area contributed by atoms with Gasteiger partial charge in [-0.15, -0.1) is 0 Å². The highest BCUT2D eigenvalue weighted by Crippen LogP contribution is 2.62. The van der Waals surface area contributed by atoms with Gasteiger partial charge in [0.05, 0.1) is 0 Å². The number of rotatable bonds is 3. The maximum atomic E-state index is 13.9. The highest BCUT2D eigenvalue weighted by Gasteiger charge is 2.56. The molecular formula is C14H17BrFN. The molecule has 2 aliphatic carbocycles. The molecule has 3 rings (SSSR count). The fourth-order valence-corrected chi connectivity index (χ4v) is 4.06. The lowest BCUT2D eigenvalue weighted by molar-refractivity contribution is 0.428. The van der Waals surface area contributed by atoms with Crippen molar-refractivity contribution in [3.63, 3.8) is 0 Å². The summed E-state index contributed by atoms with van der Waals surface area (Å²) >= 11 is 3.43. The second-order valence-electron chi connectivity index (χ2n) is 5.27. The first-order chi connectivity index (χ1) is 8.22. The Morgan fingerprint density at radius 3 is 2.71 bits per heavy atom. The van der Waals surface area contributed by atoms with Crippen molar-refractivity contribution in [2.75, 3.05) is 7.05 Å². The molecule has 1 aromatic carbocycles. The third kappa shape index (κ3) is 1.93. The minimum atomic E-state index is -0.0856. The summed E-state index contributed by atoms with van der Waals surface area (Å²) in [7, 11) is 1.94. The molecule has 0 aliphatic heterocycles. The zero-order valence-electron chi connectivity index (χ0n) is 9.92. The monoisotopic (exact) mass is 297 g/mol. The van der Waals surface area contributed by atoms with Gasteiger partial charge in [-0.3, -0.25) is 0 Å². The Hall–Kier alpha value is -0.410. The fourth-order valence-electron chi connectivity index (χ4n) is 3.68. The number of benzene rings is 1. The lowest BCUT2D eigenvalue weighted by Gasteiger charge is -2.19. The molecular weight excluding hydrogens is 281 g/mol. The summed E-state index contributed by atoms with van der Waals surface area (Å²) in [6, 6.07) is 5.42. The SMILES string of the molecule is CNC(c1cc(Br)ccc1F)C1C2CCCC21. The van der Waals surface area contributed by atoms with Crippen molar-refractivity contribution in [3.05, 3.63) is 34.1 Å². The van der Waals surface area contributed by atoms with E-state index in [2.05, 4.69) is 21.2 Å².